The third kappa shape index (κ3) is 2.52. The molecule has 4 nitrogen and oxygen atoms in total. The van der Waals surface area contributed by atoms with E-state index in [0.29, 0.717) is 10.6 Å². The maximum absolute atomic E-state index is 9.83. The van der Waals surface area contributed by atoms with Gasteiger partial charge in [-0.25, -0.2) is 0 Å². The lowest BCUT2D eigenvalue weighted by atomic mass is 10.2. The third-order valence-corrected chi connectivity index (χ3v) is 4.26. The lowest BCUT2D eigenvalue weighted by molar-refractivity contribution is 0.452. The minimum Gasteiger partial charge on any atom is -0.508 e. The van der Waals surface area contributed by atoms with Crippen molar-refractivity contribution < 1.29 is 10.2 Å². The van der Waals surface area contributed by atoms with Crippen molar-refractivity contribution in [3.8, 4) is 32.6 Å². The molecule has 0 bridgehead atoms. The van der Waals surface area contributed by atoms with Crippen LogP contribution in [-0.4, -0.2) is 20.4 Å². The SMILES string of the molecule is Oc1ccc(-c2nnc(-c3ccc(Br)cc3)s2)c(O)c1. The Labute approximate surface area is 127 Å². The summed E-state index contributed by atoms with van der Waals surface area (Å²) >= 11 is 4.77. The van der Waals surface area contributed by atoms with Crippen molar-refractivity contribution in [2.24, 2.45) is 0 Å². The molecule has 20 heavy (non-hydrogen) atoms. The Morgan fingerprint density at radius 2 is 1.60 bits per heavy atom. The molecular formula is C14H9BrN2O2S. The van der Waals surface area contributed by atoms with Gasteiger partial charge in [-0.2, -0.15) is 0 Å². The number of halogens is 1. The van der Waals surface area contributed by atoms with Crippen LogP contribution in [0.4, 0.5) is 0 Å². The molecule has 3 rings (SSSR count). The smallest absolute Gasteiger partial charge is 0.151 e. The van der Waals surface area contributed by atoms with Gasteiger partial charge in [0.1, 0.15) is 16.5 Å². The van der Waals surface area contributed by atoms with Crippen molar-refractivity contribution >= 4 is 27.3 Å². The number of nitrogens with zero attached hydrogens (tertiary/aromatic N) is 2. The Hall–Kier alpha value is -1.92. The number of phenolic OH excluding ortho intramolecular Hbond substituents is 2. The van der Waals surface area contributed by atoms with Gasteiger partial charge < -0.3 is 10.2 Å². The normalized spacial score (nSPS) is 10.7. The van der Waals surface area contributed by atoms with Crippen molar-refractivity contribution in [1.82, 2.24) is 10.2 Å². The Kier molecular flexibility index (Phi) is 3.42. The molecule has 0 radical (unpaired) electrons. The van der Waals surface area contributed by atoms with Crippen LogP contribution in [0.1, 0.15) is 0 Å². The van der Waals surface area contributed by atoms with Crippen LogP contribution in [-0.2, 0) is 0 Å². The minimum absolute atomic E-state index is 0.0106. The summed E-state index contributed by atoms with van der Waals surface area (Å²) in [5.74, 6) is 0.00686. The standard InChI is InChI=1S/C14H9BrN2O2S/c15-9-3-1-8(2-4-9)13-16-17-14(20-13)11-6-5-10(18)7-12(11)19/h1-7,18-19H. The second-order valence-corrected chi connectivity index (χ2v) is 6.01. The number of benzene rings is 2. The van der Waals surface area contributed by atoms with Gasteiger partial charge in [-0.15, -0.1) is 10.2 Å². The summed E-state index contributed by atoms with van der Waals surface area (Å²) in [5.41, 5.74) is 1.53. The number of phenols is 2. The van der Waals surface area contributed by atoms with Crippen LogP contribution in [0.25, 0.3) is 21.1 Å². The molecule has 2 aromatic carbocycles. The number of hydrogen-bond acceptors (Lipinski definition) is 5. The lowest BCUT2D eigenvalue weighted by Gasteiger charge is -2.00. The van der Waals surface area contributed by atoms with E-state index >= 15 is 0 Å². The highest BCUT2D eigenvalue weighted by Gasteiger charge is 2.12. The second-order valence-electron chi connectivity index (χ2n) is 4.12. The Morgan fingerprint density at radius 1 is 0.900 bits per heavy atom. The predicted molar refractivity (Wildman–Crippen MR) is 81.8 cm³/mol. The Bertz CT molecular complexity index is 756. The van der Waals surface area contributed by atoms with Gasteiger partial charge in [0.05, 0.1) is 5.56 Å². The molecule has 0 saturated carbocycles. The van der Waals surface area contributed by atoms with Gasteiger partial charge in [0.25, 0.3) is 0 Å². The van der Waals surface area contributed by atoms with Crippen LogP contribution >= 0.6 is 27.3 Å². The zero-order valence-corrected chi connectivity index (χ0v) is 12.5. The van der Waals surface area contributed by atoms with E-state index < -0.39 is 0 Å². The van der Waals surface area contributed by atoms with E-state index in [4.69, 9.17) is 0 Å². The summed E-state index contributed by atoms with van der Waals surface area (Å²) in [6.45, 7) is 0. The van der Waals surface area contributed by atoms with Crippen LogP contribution in [0.2, 0.25) is 0 Å². The minimum atomic E-state index is -0.0106. The second kappa shape index (κ2) is 5.22. The van der Waals surface area contributed by atoms with E-state index in [0.717, 1.165) is 15.0 Å². The summed E-state index contributed by atoms with van der Waals surface area (Å²) in [6, 6.07) is 12.2. The summed E-state index contributed by atoms with van der Waals surface area (Å²) < 4.78 is 1.00. The number of hydrogen-bond donors (Lipinski definition) is 2. The molecule has 0 aliphatic heterocycles. The first-order valence-corrected chi connectivity index (χ1v) is 7.36. The molecule has 6 heteroatoms. The topological polar surface area (TPSA) is 66.2 Å². The number of aromatic hydroxyl groups is 2. The van der Waals surface area contributed by atoms with Crippen molar-refractivity contribution in [2.75, 3.05) is 0 Å². The van der Waals surface area contributed by atoms with Crippen molar-refractivity contribution in [1.29, 1.82) is 0 Å². The first-order chi connectivity index (χ1) is 9.63. The van der Waals surface area contributed by atoms with Crippen LogP contribution in [0.15, 0.2) is 46.9 Å². The highest BCUT2D eigenvalue weighted by atomic mass is 79.9. The lowest BCUT2D eigenvalue weighted by Crippen LogP contribution is -1.78. The van der Waals surface area contributed by atoms with E-state index in [1.54, 1.807) is 6.07 Å². The molecule has 0 fully saturated rings. The molecule has 0 unspecified atom stereocenters. The molecular weight excluding hydrogens is 340 g/mol. The fourth-order valence-corrected chi connectivity index (χ4v) is 2.89. The number of rotatable bonds is 2. The molecule has 1 heterocycles. The van der Waals surface area contributed by atoms with E-state index in [9.17, 15) is 10.2 Å². The fourth-order valence-electron chi connectivity index (χ4n) is 1.74. The molecule has 0 saturated heterocycles. The molecule has 2 N–H and O–H groups in total. The van der Waals surface area contributed by atoms with Crippen molar-refractivity contribution in [2.45, 2.75) is 0 Å². The van der Waals surface area contributed by atoms with Crippen LogP contribution in [0, 0.1) is 0 Å². The molecule has 0 amide bonds. The molecule has 100 valence electrons. The fraction of sp³-hybridized carbons (Fsp3) is 0. The summed E-state index contributed by atoms with van der Waals surface area (Å²) in [7, 11) is 0. The predicted octanol–water partition coefficient (Wildman–Crippen LogP) is 4.05. The first-order valence-electron chi connectivity index (χ1n) is 5.75. The van der Waals surface area contributed by atoms with Crippen molar-refractivity contribution in [3.63, 3.8) is 0 Å². The maximum atomic E-state index is 9.83. The molecule has 0 aliphatic carbocycles. The first kappa shape index (κ1) is 13.1. The summed E-state index contributed by atoms with van der Waals surface area (Å²) in [4.78, 5) is 0. The van der Waals surface area contributed by atoms with Gasteiger partial charge in [0.15, 0.2) is 5.01 Å². The van der Waals surface area contributed by atoms with Gasteiger partial charge in [-0.05, 0) is 24.3 Å². The van der Waals surface area contributed by atoms with Gasteiger partial charge in [0.2, 0.25) is 0 Å². The highest BCUT2D eigenvalue weighted by molar-refractivity contribution is 9.10. The quantitative estimate of drug-likeness (QED) is 0.733. The van der Waals surface area contributed by atoms with E-state index in [1.165, 1.54) is 23.5 Å². The summed E-state index contributed by atoms with van der Waals surface area (Å²) in [5, 5.41) is 28.7. The molecule has 3 aromatic rings. The van der Waals surface area contributed by atoms with Crippen molar-refractivity contribution in [3.05, 3.63) is 46.9 Å². The zero-order chi connectivity index (χ0) is 14.1. The molecule has 0 spiro atoms. The average Bonchev–Trinajstić information content (AvgIpc) is 2.89. The maximum Gasteiger partial charge on any atom is 0.151 e. The van der Waals surface area contributed by atoms with Crippen LogP contribution in [0.3, 0.4) is 0 Å². The molecule has 1 aromatic heterocycles. The summed E-state index contributed by atoms with van der Waals surface area (Å²) in [6.07, 6.45) is 0. The van der Waals surface area contributed by atoms with Crippen LogP contribution < -0.4 is 0 Å². The largest absolute Gasteiger partial charge is 0.508 e. The van der Waals surface area contributed by atoms with Gasteiger partial charge in [-0.3, -0.25) is 0 Å². The zero-order valence-electron chi connectivity index (χ0n) is 10.1. The van der Waals surface area contributed by atoms with Gasteiger partial charge in [-0.1, -0.05) is 39.4 Å². The Balaban J connectivity index is 1.99. The van der Waals surface area contributed by atoms with Gasteiger partial charge in [0, 0.05) is 16.1 Å². The van der Waals surface area contributed by atoms with Crippen LogP contribution in [0.5, 0.6) is 11.5 Å². The molecule has 0 aliphatic rings. The monoisotopic (exact) mass is 348 g/mol. The molecule has 0 atom stereocenters. The van der Waals surface area contributed by atoms with E-state index in [2.05, 4.69) is 26.1 Å². The highest BCUT2D eigenvalue weighted by Crippen LogP contribution is 2.36. The van der Waals surface area contributed by atoms with E-state index in [-0.39, 0.29) is 11.5 Å². The third-order valence-electron chi connectivity index (χ3n) is 2.73. The van der Waals surface area contributed by atoms with E-state index in [1.807, 2.05) is 24.3 Å². The number of aromatic nitrogens is 2. The average molecular weight is 349 g/mol. The van der Waals surface area contributed by atoms with Gasteiger partial charge >= 0.3 is 0 Å². The Morgan fingerprint density at radius 3 is 2.30 bits per heavy atom.